The van der Waals surface area contributed by atoms with Gasteiger partial charge in [-0.3, -0.25) is 0 Å². The molecular formula is C20H27N7O2S. The van der Waals surface area contributed by atoms with Crippen LogP contribution in [0.3, 0.4) is 0 Å². The van der Waals surface area contributed by atoms with Crippen molar-refractivity contribution in [2.24, 2.45) is 11.7 Å². The highest BCUT2D eigenvalue weighted by Gasteiger charge is 2.20. The lowest BCUT2D eigenvalue weighted by atomic mass is 9.86. The molecule has 0 atom stereocenters. The van der Waals surface area contributed by atoms with Gasteiger partial charge in [-0.1, -0.05) is 0 Å². The molecule has 9 nitrogen and oxygen atoms in total. The molecule has 160 valence electrons. The second kappa shape index (κ2) is 8.29. The zero-order chi connectivity index (χ0) is 21.3. The van der Waals surface area contributed by atoms with E-state index >= 15 is 0 Å². The molecule has 0 unspecified atom stereocenters. The van der Waals surface area contributed by atoms with Crippen LogP contribution in [-0.4, -0.2) is 52.6 Å². The standard InChI is InChI=1S/C20H27N7O2S/c1-26(2)30(28,29)18-9-7-17(8-10-18)24-20-22-11-15-12-23-27(19(15)25-20)13-14-3-5-16(21)6-4-14/h7-12,14,16H,3-6,13,21H2,1-2H3,(H,22,24,25)/t14-,16-. The van der Waals surface area contributed by atoms with Crippen molar-refractivity contribution in [3.05, 3.63) is 36.7 Å². The minimum absolute atomic E-state index is 0.236. The first-order valence-corrected chi connectivity index (χ1v) is 11.5. The molecule has 4 rings (SSSR count). The summed E-state index contributed by atoms with van der Waals surface area (Å²) in [4.78, 5) is 9.23. The van der Waals surface area contributed by atoms with Crippen LogP contribution in [0.1, 0.15) is 25.7 Å². The zero-order valence-electron chi connectivity index (χ0n) is 17.2. The van der Waals surface area contributed by atoms with Gasteiger partial charge in [-0.2, -0.15) is 10.1 Å². The van der Waals surface area contributed by atoms with Gasteiger partial charge in [0.15, 0.2) is 5.65 Å². The van der Waals surface area contributed by atoms with Crippen molar-refractivity contribution in [1.29, 1.82) is 0 Å². The molecule has 1 aromatic carbocycles. The molecule has 3 N–H and O–H groups in total. The molecule has 1 aliphatic carbocycles. The van der Waals surface area contributed by atoms with Crippen LogP contribution in [0.25, 0.3) is 11.0 Å². The number of sulfonamides is 1. The minimum Gasteiger partial charge on any atom is -0.328 e. The quantitative estimate of drug-likeness (QED) is 0.617. The molecule has 3 aromatic rings. The predicted octanol–water partition coefficient (Wildman–Crippen LogP) is 2.34. The van der Waals surface area contributed by atoms with E-state index in [0.29, 0.717) is 23.6 Å². The van der Waals surface area contributed by atoms with Crippen LogP contribution in [0.4, 0.5) is 11.6 Å². The Morgan fingerprint density at radius 1 is 1.13 bits per heavy atom. The van der Waals surface area contributed by atoms with Crippen molar-refractivity contribution in [3.8, 4) is 0 Å². The van der Waals surface area contributed by atoms with Gasteiger partial charge in [-0.15, -0.1) is 0 Å². The number of rotatable bonds is 6. The normalized spacial score (nSPS) is 20.0. The minimum atomic E-state index is -3.46. The van der Waals surface area contributed by atoms with Gasteiger partial charge in [-0.25, -0.2) is 22.4 Å². The topological polar surface area (TPSA) is 119 Å². The van der Waals surface area contributed by atoms with Crippen LogP contribution in [0.2, 0.25) is 0 Å². The molecule has 0 saturated heterocycles. The summed E-state index contributed by atoms with van der Waals surface area (Å²) in [6.07, 6.45) is 7.88. The second-order valence-electron chi connectivity index (χ2n) is 8.02. The molecule has 0 spiro atoms. The second-order valence-corrected chi connectivity index (χ2v) is 10.2. The van der Waals surface area contributed by atoms with Crippen molar-refractivity contribution in [2.45, 2.75) is 43.2 Å². The lowest BCUT2D eigenvalue weighted by Gasteiger charge is -2.25. The van der Waals surface area contributed by atoms with Gasteiger partial charge in [0.1, 0.15) is 0 Å². The zero-order valence-corrected chi connectivity index (χ0v) is 18.0. The van der Waals surface area contributed by atoms with E-state index in [2.05, 4.69) is 20.4 Å². The third-order valence-corrected chi connectivity index (χ3v) is 7.42. The van der Waals surface area contributed by atoms with Crippen LogP contribution in [0.5, 0.6) is 0 Å². The number of nitrogens with one attached hydrogen (secondary N) is 1. The SMILES string of the molecule is CN(C)S(=O)(=O)c1ccc(Nc2ncc3cnn(C[C@H]4CC[C@H](N)CC4)c3n2)cc1. The van der Waals surface area contributed by atoms with Crippen LogP contribution >= 0.6 is 0 Å². The van der Waals surface area contributed by atoms with Gasteiger partial charge in [0.25, 0.3) is 0 Å². The molecule has 10 heteroatoms. The van der Waals surface area contributed by atoms with Crippen molar-refractivity contribution in [2.75, 3.05) is 19.4 Å². The Morgan fingerprint density at radius 2 is 1.83 bits per heavy atom. The number of benzene rings is 1. The summed E-state index contributed by atoms with van der Waals surface area (Å²) in [6.45, 7) is 0.823. The monoisotopic (exact) mass is 429 g/mol. The van der Waals surface area contributed by atoms with Crippen LogP contribution in [0, 0.1) is 5.92 Å². The van der Waals surface area contributed by atoms with E-state index in [1.54, 1.807) is 36.7 Å². The smallest absolute Gasteiger partial charge is 0.242 e. The van der Waals surface area contributed by atoms with E-state index in [9.17, 15) is 8.42 Å². The highest BCUT2D eigenvalue weighted by molar-refractivity contribution is 7.89. The molecule has 30 heavy (non-hydrogen) atoms. The van der Waals surface area contributed by atoms with Crippen LogP contribution in [0.15, 0.2) is 41.6 Å². The average molecular weight is 430 g/mol. The number of aromatic nitrogens is 4. The van der Waals surface area contributed by atoms with E-state index in [1.807, 2.05) is 4.68 Å². The fourth-order valence-corrected chi connectivity index (χ4v) is 4.63. The van der Waals surface area contributed by atoms with E-state index < -0.39 is 10.0 Å². The molecule has 1 fully saturated rings. The third-order valence-electron chi connectivity index (χ3n) is 5.59. The Kier molecular flexibility index (Phi) is 5.72. The number of nitrogens with two attached hydrogens (primary N) is 1. The van der Waals surface area contributed by atoms with Gasteiger partial charge in [0.2, 0.25) is 16.0 Å². The summed E-state index contributed by atoms with van der Waals surface area (Å²) in [5.74, 6) is 1.00. The number of anilines is 2. The summed E-state index contributed by atoms with van der Waals surface area (Å²) < 4.78 is 27.5. The lowest BCUT2D eigenvalue weighted by molar-refractivity contribution is 0.288. The van der Waals surface area contributed by atoms with Crippen molar-refractivity contribution >= 4 is 32.7 Å². The Balaban J connectivity index is 1.51. The molecule has 1 saturated carbocycles. The van der Waals surface area contributed by atoms with E-state index in [4.69, 9.17) is 5.73 Å². The van der Waals surface area contributed by atoms with Crippen molar-refractivity contribution in [1.82, 2.24) is 24.1 Å². The van der Waals surface area contributed by atoms with Crippen LogP contribution < -0.4 is 11.1 Å². The fraction of sp³-hybridized carbons (Fsp3) is 0.450. The van der Waals surface area contributed by atoms with E-state index in [0.717, 1.165) is 43.3 Å². The van der Waals surface area contributed by atoms with Gasteiger partial charge >= 0.3 is 0 Å². The first kappa shape index (κ1) is 20.7. The Labute approximate surface area is 176 Å². The number of nitrogens with zero attached hydrogens (tertiary/aromatic N) is 5. The highest BCUT2D eigenvalue weighted by Crippen LogP contribution is 2.26. The molecule has 1 aliphatic rings. The van der Waals surface area contributed by atoms with Crippen molar-refractivity contribution in [3.63, 3.8) is 0 Å². The first-order valence-electron chi connectivity index (χ1n) is 10.1. The molecule has 0 aliphatic heterocycles. The largest absolute Gasteiger partial charge is 0.328 e. The van der Waals surface area contributed by atoms with Gasteiger partial charge in [-0.05, 0) is 55.9 Å². The summed E-state index contributed by atoms with van der Waals surface area (Å²) in [6, 6.07) is 6.86. The maximum Gasteiger partial charge on any atom is 0.242 e. The maximum atomic E-state index is 12.2. The summed E-state index contributed by atoms with van der Waals surface area (Å²) in [5, 5.41) is 8.53. The number of hydrogen-bond donors (Lipinski definition) is 2. The summed E-state index contributed by atoms with van der Waals surface area (Å²) >= 11 is 0. The number of fused-ring (bicyclic) bond motifs is 1. The first-order chi connectivity index (χ1) is 14.3. The van der Waals surface area contributed by atoms with Crippen molar-refractivity contribution < 1.29 is 8.42 Å². The molecule has 0 bridgehead atoms. The van der Waals surface area contributed by atoms with Gasteiger partial charge < -0.3 is 11.1 Å². The molecule has 2 heterocycles. The number of hydrogen-bond acceptors (Lipinski definition) is 7. The summed E-state index contributed by atoms with van der Waals surface area (Å²) in [7, 11) is -0.438. The lowest BCUT2D eigenvalue weighted by Crippen LogP contribution is -2.28. The maximum absolute atomic E-state index is 12.2. The molecule has 0 amide bonds. The van der Waals surface area contributed by atoms with E-state index in [-0.39, 0.29) is 4.90 Å². The Morgan fingerprint density at radius 3 is 2.50 bits per heavy atom. The molecule has 2 aromatic heterocycles. The fourth-order valence-electron chi connectivity index (χ4n) is 3.73. The summed E-state index contributed by atoms with van der Waals surface area (Å²) in [5.41, 5.74) is 7.51. The average Bonchev–Trinajstić information content (AvgIpc) is 3.12. The van der Waals surface area contributed by atoms with Crippen LogP contribution in [-0.2, 0) is 16.6 Å². The Hall–Kier alpha value is -2.56. The Bertz CT molecular complexity index is 1120. The highest BCUT2D eigenvalue weighted by atomic mass is 32.2. The third kappa shape index (κ3) is 4.30. The predicted molar refractivity (Wildman–Crippen MR) is 116 cm³/mol. The van der Waals surface area contributed by atoms with Gasteiger partial charge in [0.05, 0.1) is 16.5 Å². The van der Waals surface area contributed by atoms with Gasteiger partial charge in [0, 0.05) is 38.6 Å². The van der Waals surface area contributed by atoms with E-state index in [1.165, 1.54) is 18.4 Å². The molecule has 0 radical (unpaired) electrons. The molecular weight excluding hydrogens is 402 g/mol.